The quantitative estimate of drug-likeness (QED) is 0.725. The van der Waals surface area contributed by atoms with Crippen LogP contribution in [0.25, 0.3) is 0 Å². The molecule has 1 saturated heterocycles. The molecule has 0 unspecified atom stereocenters. The Balaban J connectivity index is 2.77. The van der Waals surface area contributed by atoms with Crippen LogP contribution >= 0.6 is 12.6 Å². The predicted octanol–water partition coefficient (Wildman–Crippen LogP) is 1.80. The highest BCUT2D eigenvalue weighted by Crippen LogP contribution is 2.32. The fraction of sp³-hybridized carbons (Fsp3) is 0.857. The van der Waals surface area contributed by atoms with E-state index in [1.165, 1.54) is 4.90 Å². The molecule has 0 spiro atoms. The second-order valence-electron chi connectivity index (χ2n) is 5.66. The minimum atomic E-state index is 0.0284. The van der Waals surface area contributed by atoms with Crippen molar-refractivity contribution in [2.75, 3.05) is 32.4 Å². The van der Waals surface area contributed by atoms with Gasteiger partial charge in [-0.15, -0.1) is 0 Å². The molecule has 0 atom stereocenters. The van der Waals surface area contributed by atoms with Gasteiger partial charge in [-0.1, -0.05) is 26.7 Å². The van der Waals surface area contributed by atoms with Crippen LogP contribution in [0.4, 0.5) is 0 Å². The number of hydrogen-bond acceptors (Lipinski definition) is 3. The van der Waals surface area contributed by atoms with Crippen molar-refractivity contribution in [3.8, 4) is 0 Å². The summed E-state index contributed by atoms with van der Waals surface area (Å²) in [4.78, 5) is 27.0. The van der Waals surface area contributed by atoms with Crippen molar-refractivity contribution in [3.63, 3.8) is 0 Å². The summed E-state index contributed by atoms with van der Waals surface area (Å²) in [7, 11) is 1.68. The van der Waals surface area contributed by atoms with Crippen LogP contribution in [-0.4, -0.2) is 54.0 Å². The standard InChI is InChI=1S/C14H26N2O2S/c1-4-6-14(11-19,7-5-2)10-16-9-12(17)15(3)8-13(16)18/h19H,4-11H2,1-3H3. The van der Waals surface area contributed by atoms with Gasteiger partial charge in [0, 0.05) is 13.6 Å². The van der Waals surface area contributed by atoms with E-state index in [9.17, 15) is 9.59 Å². The van der Waals surface area contributed by atoms with E-state index < -0.39 is 0 Å². The Morgan fingerprint density at radius 1 is 1.11 bits per heavy atom. The first-order valence-electron chi connectivity index (χ1n) is 7.10. The molecule has 0 aliphatic carbocycles. The Morgan fingerprint density at radius 3 is 2.16 bits per heavy atom. The van der Waals surface area contributed by atoms with Crippen molar-refractivity contribution in [2.24, 2.45) is 5.41 Å². The van der Waals surface area contributed by atoms with Crippen molar-refractivity contribution < 1.29 is 9.59 Å². The van der Waals surface area contributed by atoms with Crippen molar-refractivity contribution in [1.82, 2.24) is 9.80 Å². The van der Waals surface area contributed by atoms with Gasteiger partial charge < -0.3 is 9.80 Å². The molecule has 0 aromatic rings. The summed E-state index contributed by atoms with van der Waals surface area (Å²) >= 11 is 4.51. The van der Waals surface area contributed by atoms with Gasteiger partial charge in [0.1, 0.15) is 0 Å². The number of amides is 2. The van der Waals surface area contributed by atoms with E-state index >= 15 is 0 Å². The SMILES string of the molecule is CCCC(CS)(CCC)CN1CC(=O)N(C)CC1=O. The van der Waals surface area contributed by atoms with Gasteiger partial charge in [0.05, 0.1) is 13.1 Å². The maximum Gasteiger partial charge on any atom is 0.242 e. The molecule has 2 amide bonds. The zero-order valence-electron chi connectivity index (χ0n) is 12.3. The Labute approximate surface area is 121 Å². The van der Waals surface area contributed by atoms with Gasteiger partial charge in [-0.25, -0.2) is 0 Å². The Hall–Kier alpha value is -0.710. The predicted molar refractivity (Wildman–Crippen MR) is 80.3 cm³/mol. The third-order valence-electron chi connectivity index (χ3n) is 3.90. The third-order valence-corrected chi connectivity index (χ3v) is 4.57. The smallest absolute Gasteiger partial charge is 0.242 e. The summed E-state index contributed by atoms with van der Waals surface area (Å²) in [6.45, 7) is 5.41. The first kappa shape index (κ1) is 16.3. The maximum absolute atomic E-state index is 12.1. The fourth-order valence-electron chi connectivity index (χ4n) is 2.86. The second-order valence-corrected chi connectivity index (χ2v) is 5.97. The normalized spacial score (nSPS) is 17.3. The molecule has 1 rings (SSSR count). The molecule has 1 aliphatic rings. The molecule has 0 aromatic heterocycles. The van der Waals surface area contributed by atoms with Gasteiger partial charge in [0.15, 0.2) is 0 Å². The molecule has 19 heavy (non-hydrogen) atoms. The molecule has 0 radical (unpaired) electrons. The average molecular weight is 286 g/mol. The van der Waals surface area contributed by atoms with E-state index in [1.54, 1.807) is 11.9 Å². The van der Waals surface area contributed by atoms with Crippen LogP contribution in [0.5, 0.6) is 0 Å². The summed E-state index contributed by atoms with van der Waals surface area (Å²) in [5.41, 5.74) is 0.0540. The molecule has 0 aromatic carbocycles. The van der Waals surface area contributed by atoms with E-state index in [-0.39, 0.29) is 30.3 Å². The lowest BCUT2D eigenvalue weighted by Crippen LogP contribution is -2.55. The number of likely N-dealkylation sites (N-methyl/N-ethyl adjacent to an activating group) is 1. The number of rotatable bonds is 7. The van der Waals surface area contributed by atoms with Gasteiger partial charge in [0.25, 0.3) is 0 Å². The minimum absolute atomic E-state index is 0.0284. The van der Waals surface area contributed by atoms with Crippen LogP contribution < -0.4 is 0 Å². The highest BCUT2D eigenvalue weighted by molar-refractivity contribution is 7.80. The summed E-state index contributed by atoms with van der Waals surface area (Å²) < 4.78 is 0. The van der Waals surface area contributed by atoms with Gasteiger partial charge in [-0.05, 0) is 24.0 Å². The third kappa shape index (κ3) is 4.13. The first-order valence-corrected chi connectivity index (χ1v) is 7.74. The van der Waals surface area contributed by atoms with E-state index in [2.05, 4.69) is 26.5 Å². The molecule has 4 nitrogen and oxygen atoms in total. The van der Waals surface area contributed by atoms with E-state index in [0.717, 1.165) is 31.4 Å². The summed E-state index contributed by atoms with van der Waals surface area (Å²) in [5.74, 6) is 0.851. The Bertz CT molecular complexity index is 327. The topological polar surface area (TPSA) is 40.6 Å². The number of carbonyl (C=O) groups excluding carboxylic acids is 2. The van der Waals surface area contributed by atoms with Crippen molar-refractivity contribution in [2.45, 2.75) is 39.5 Å². The van der Waals surface area contributed by atoms with E-state index in [0.29, 0.717) is 6.54 Å². The van der Waals surface area contributed by atoms with Crippen LogP contribution in [-0.2, 0) is 9.59 Å². The summed E-state index contributed by atoms with van der Waals surface area (Å²) in [5, 5.41) is 0. The fourth-order valence-corrected chi connectivity index (χ4v) is 3.28. The molecule has 1 fully saturated rings. The lowest BCUT2D eigenvalue weighted by molar-refractivity contribution is -0.150. The van der Waals surface area contributed by atoms with Gasteiger partial charge >= 0.3 is 0 Å². The highest BCUT2D eigenvalue weighted by atomic mass is 32.1. The molecular weight excluding hydrogens is 260 g/mol. The van der Waals surface area contributed by atoms with E-state index in [1.807, 2.05) is 0 Å². The van der Waals surface area contributed by atoms with Gasteiger partial charge in [0.2, 0.25) is 11.8 Å². The maximum atomic E-state index is 12.1. The molecule has 110 valence electrons. The van der Waals surface area contributed by atoms with E-state index in [4.69, 9.17) is 0 Å². The van der Waals surface area contributed by atoms with Crippen LogP contribution in [0.1, 0.15) is 39.5 Å². The average Bonchev–Trinajstić information content (AvgIpc) is 2.36. The molecule has 1 heterocycles. The number of hydrogen-bond donors (Lipinski definition) is 1. The monoisotopic (exact) mass is 286 g/mol. The largest absolute Gasteiger partial charge is 0.335 e. The summed E-state index contributed by atoms with van der Waals surface area (Å²) in [6, 6.07) is 0. The zero-order chi connectivity index (χ0) is 14.5. The van der Waals surface area contributed by atoms with Crippen LogP contribution in [0, 0.1) is 5.41 Å². The Kier molecular flexibility index (Phi) is 6.17. The molecule has 1 aliphatic heterocycles. The highest BCUT2D eigenvalue weighted by Gasteiger charge is 2.35. The van der Waals surface area contributed by atoms with Crippen LogP contribution in [0.15, 0.2) is 0 Å². The molecule has 5 heteroatoms. The number of thiol groups is 1. The van der Waals surface area contributed by atoms with Crippen LogP contribution in [0.3, 0.4) is 0 Å². The molecular formula is C14H26N2O2S. The molecule has 0 bridgehead atoms. The summed E-state index contributed by atoms with van der Waals surface area (Å²) in [6.07, 6.45) is 4.27. The van der Waals surface area contributed by atoms with Crippen molar-refractivity contribution in [1.29, 1.82) is 0 Å². The Morgan fingerprint density at radius 2 is 1.68 bits per heavy atom. The number of carbonyl (C=O) groups is 2. The lowest BCUT2D eigenvalue weighted by Gasteiger charge is -2.40. The molecule has 0 saturated carbocycles. The number of nitrogens with zero attached hydrogens (tertiary/aromatic N) is 2. The van der Waals surface area contributed by atoms with Gasteiger partial charge in [-0.2, -0.15) is 12.6 Å². The molecule has 0 N–H and O–H groups in total. The van der Waals surface area contributed by atoms with Crippen LogP contribution in [0.2, 0.25) is 0 Å². The lowest BCUT2D eigenvalue weighted by atomic mass is 9.80. The van der Waals surface area contributed by atoms with Crippen molar-refractivity contribution >= 4 is 24.4 Å². The first-order chi connectivity index (χ1) is 8.98. The van der Waals surface area contributed by atoms with Gasteiger partial charge in [-0.3, -0.25) is 9.59 Å². The zero-order valence-corrected chi connectivity index (χ0v) is 13.2. The van der Waals surface area contributed by atoms with Crippen molar-refractivity contribution in [3.05, 3.63) is 0 Å². The number of piperazine rings is 1. The minimum Gasteiger partial charge on any atom is -0.335 e. The second kappa shape index (κ2) is 7.17.